The molecule has 4 aromatic rings. The van der Waals surface area contributed by atoms with Gasteiger partial charge in [-0.25, -0.2) is 15.0 Å². The molecular weight excluding hydrogens is 430 g/mol. The molecule has 1 aliphatic heterocycles. The Morgan fingerprint density at radius 3 is 2.82 bits per heavy atom. The van der Waals surface area contributed by atoms with Gasteiger partial charge in [-0.1, -0.05) is 0 Å². The smallest absolute Gasteiger partial charge is 0.255 e. The molecule has 1 saturated carbocycles. The van der Waals surface area contributed by atoms with E-state index in [1.54, 1.807) is 13.3 Å². The summed E-state index contributed by atoms with van der Waals surface area (Å²) in [5, 5.41) is 1.06. The van der Waals surface area contributed by atoms with E-state index in [4.69, 9.17) is 20.4 Å². The number of hydrogen-bond donors (Lipinski definition) is 1. The Bertz CT molecular complexity index is 1390. The van der Waals surface area contributed by atoms with Crippen molar-refractivity contribution in [3.8, 4) is 11.5 Å². The van der Waals surface area contributed by atoms with Gasteiger partial charge in [0.2, 0.25) is 0 Å². The maximum absolute atomic E-state index is 13.3. The molecule has 2 aliphatic rings. The van der Waals surface area contributed by atoms with E-state index in [9.17, 15) is 4.79 Å². The molecule has 6 rings (SSSR count). The van der Waals surface area contributed by atoms with Crippen LogP contribution < -0.4 is 5.73 Å². The number of pyridine rings is 2. The summed E-state index contributed by atoms with van der Waals surface area (Å²) >= 11 is 0. The first-order valence-corrected chi connectivity index (χ1v) is 12.0. The average Bonchev–Trinajstić information content (AvgIpc) is 3.60. The van der Waals surface area contributed by atoms with Gasteiger partial charge in [0.05, 0.1) is 17.9 Å². The summed E-state index contributed by atoms with van der Waals surface area (Å²) in [6, 6.07) is 8.21. The van der Waals surface area contributed by atoms with Crippen LogP contribution in [0.3, 0.4) is 0 Å². The highest BCUT2D eigenvalue weighted by molar-refractivity contribution is 5.97. The number of fused-ring (bicyclic) bond motifs is 4. The summed E-state index contributed by atoms with van der Waals surface area (Å²) in [6.07, 6.45) is 5.58. The molecule has 9 heteroatoms. The molecule has 34 heavy (non-hydrogen) atoms. The van der Waals surface area contributed by atoms with Crippen LogP contribution in [0, 0.1) is 5.92 Å². The van der Waals surface area contributed by atoms with Crippen molar-refractivity contribution in [1.82, 2.24) is 29.0 Å². The zero-order valence-electron chi connectivity index (χ0n) is 19.5. The number of rotatable bonds is 6. The predicted octanol–water partition coefficient (Wildman–Crippen LogP) is 2.68. The number of amides is 1. The number of hydrogen-bond acceptors (Lipinski definition) is 6. The molecule has 176 valence electrons. The maximum Gasteiger partial charge on any atom is 0.255 e. The third kappa shape index (κ3) is 3.14. The summed E-state index contributed by atoms with van der Waals surface area (Å²) in [7, 11) is 1.68. The molecule has 9 nitrogen and oxygen atoms in total. The van der Waals surface area contributed by atoms with Crippen LogP contribution in [0.2, 0.25) is 0 Å². The quantitative estimate of drug-likeness (QED) is 0.475. The van der Waals surface area contributed by atoms with Crippen LogP contribution in [0.1, 0.15) is 30.1 Å². The van der Waals surface area contributed by atoms with Gasteiger partial charge in [-0.2, -0.15) is 0 Å². The van der Waals surface area contributed by atoms with Crippen LogP contribution in [-0.2, 0) is 17.8 Å². The minimum absolute atomic E-state index is 0.00286. The van der Waals surface area contributed by atoms with Gasteiger partial charge in [0.25, 0.3) is 5.91 Å². The second-order valence-electron chi connectivity index (χ2n) is 9.28. The van der Waals surface area contributed by atoms with E-state index in [0.717, 1.165) is 54.1 Å². The monoisotopic (exact) mass is 459 g/mol. The first kappa shape index (κ1) is 21.2. The predicted molar refractivity (Wildman–Crippen MR) is 129 cm³/mol. The number of nitrogens with two attached hydrogens (primary N) is 1. The largest absolute Gasteiger partial charge is 0.383 e. The molecule has 2 N–H and O–H groups in total. The molecule has 3 atom stereocenters. The molecule has 5 heterocycles. The average molecular weight is 460 g/mol. The van der Waals surface area contributed by atoms with E-state index < -0.39 is 0 Å². The van der Waals surface area contributed by atoms with Gasteiger partial charge in [0, 0.05) is 56.6 Å². The fraction of sp³-hybridized carbons (Fsp3) is 0.440. The number of methoxy groups -OCH3 is 1. The lowest BCUT2D eigenvalue weighted by atomic mass is 10.1. The molecule has 4 aromatic heterocycles. The molecule has 0 spiro atoms. The number of nitrogens with zero attached hydrogens (tertiary/aromatic N) is 6. The number of likely N-dealkylation sites (tertiary alicyclic amines) is 1. The van der Waals surface area contributed by atoms with E-state index in [1.807, 2.05) is 23.2 Å². The molecule has 1 amide bonds. The van der Waals surface area contributed by atoms with E-state index >= 15 is 0 Å². The molecule has 1 saturated heterocycles. The van der Waals surface area contributed by atoms with Crippen molar-refractivity contribution in [2.24, 2.45) is 11.7 Å². The lowest BCUT2D eigenvalue weighted by Gasteiger charge is -2.27. The van der Waals surface area contributed by atoms with Crippen LogP contribution in [0.5, 0.6) is 0 Å². The summed E-state index contributed by atoms with van der Waals surface area (Å²) in [5.41, 5.74) is 10.2. The Kier molecular flexibility index (Phi) is 5.11. The maximum atomic E-state index is 13.3. The second kappa shape index (κ2) is 8.18. The Morgan fingerprint density at radius 2 is 2.09 bits per heavy atom. The lowest BCUT2D eigenvalue weighted by Crippen LogP contribution is -2.41. The molecule has 1 aliphatic carbocycles. The van der Waals surface area contributed by atoms with Crippen LogP contribution in [0.15, 0.2) is 36.7 Å². The lowest BCUT2D eigenvalue weighted by molar-refractivity contribution is 0.0700. The van der Waals surface area contributed by atoms with Crippen molar-refractivity contribution < 1.29 is 9.53 Å². The fourth-order valence-corrected chi connectivity index (χ4v) is 5.76. The third-order valence-corrected chi connectivity index (χ3v) is 7.47. The molecule has 0 unspecified atom stereocenters. The van der Waals surface area contributed by atoms with Crippen LogP contribution in [0.4, 0.5) is 0 Å². The number of ether oxygens (including phenoxy) is 1. The van der Waals surface area contributed by atoms with Crippen LogP contribution in [0.25, 0.3) is 33.7 Å². The summed E-state index contributed by atoms with van der Waals surface area (Å²) < 4.78 is 9.60. The molecule has 2 bridgehead atoms. The van der Waals surface area contributed by atoms with Gasteiger partial charge >= 0.3 is 0 Å². The zero-order chi connectivity index (χ0) is 23.4. The summed E-state index contributed by atoms with van der Waals surface area (Å²) in [4.78, 5) is 29.5. The number of aromatic nitrogens is 5. The minimum atomic E-state index is -0.00286. The van der Waals surface area contributed by atoms with Gasteiger partial charge < -0.3 is 24.5 Å². The van der Waals surface area contributed by atoms with Crippen LogP contribution >= 0.6 is 0 Å². The van der Waals surface area contributed by atoms with Crippen molar-refractivity contribution in [3.63, 3.8) is 0 Å². The molecule has 0 aromatic carbocycles. The van der Waals surface area contributed by atoms with Gasteiger partial charge in [-0.3, -0.25) is 4.79 Å². The number of carbonyl (C=O) groups excluding carboxylic acids is 1. The van der Waals surface area contributed by atoms with Gasteiger partial charge in [-0.05, 0) is 49.9 Å². The Hall–Kier alpha value is -3.30. The van der Waals surface area contributed by atoms with Crippen molar-refractivity contribution >= 4 is 28.1 Å². The number of imidazole rings is 1. The molecule has 2 fully saturated rings. The standard InChI is InChI=1S/C25H29N7O2/c1-3-30-20(12-15-5-4-8-27-22(15)30)24-29-18-11-17(13-28-23(18)31(24)9-10-34-2)25(33)32-14-16-6-7-19(32)21(16)26/h4-5,8,11-13,16,19,21H,3,6-7,9-10,14,26H2,1-2H3/t16-,19-,21-/m1/s1. The first-order valence-electron chi connectivity index (χ1n) is 12.0. The van der Waals surface area contributed by atoms with Gasteiger partial charge in [0.15, 0.2) is 11.5 Å². The normalized spacial score (nSPS) is 21.9. The fourth-order valence-electron chi connectivity index (χ4n) is 5.76. The van der Waals surface area contributed by atoms with Gasteiger partial charge in [-0.15, -0.1) is 0 Å². The van der Waals surface area contributed by atoms with E-state index in [-0.39, 0.29) is 18.0 Å². The van der Waals surface area contributed by atoms with Crippen molar-refractivity contribution in [1.29, 1.82) is 0 Å². The Morgan fingerprint density at radius 1 is 1.21 bits per heavy atom. The first-order chi connectivity index (χ1) is 16.6. The minimum Gasteiger partial charge on any atom is -0.383 e. The Balaban J connectivity index is 1.45. The van der Waals surface area contributed by atoms with E-state index in [1.165, 1.54) is 0 Å². The van der Waals surface area contributed by atoms with Crippen molar-refractivity contribution in [2.75, 3.05) is 20.3 Å². The topological polar surface area (TPSA) is 104 Å². The summed E-state index contributed by atoms with van der Waals surface area (Å²) in [6.45, 7) is 4.73. The second-order valence-corrected chi connectivity index (χ2v) is 9.28. The SMILES string of the molecule is CCn1c(-c2nc3cc(C(=O)N4C[C@H]5CC[C@@H]4[C@@H]5N)cnc3n2CCOC)cc2cccnc21. The number of piperidine rings is 1. The number of aryl methyl sites for hydroxylation is 1. The van der Waals surface area contributed by atoms with E-state index in [2.05, 4.69) is 33.2 Å². The molecular formula is C25H29N7O2. The zero-order valence-corrected chi connectivity index (χ0v) is 19.5. The van der Waals surface area contributed by atoms with Crippen molar-refractivity contribution in [2.45, 2.75) is 44.9 Å². The highest BCUT2D eigenvalue weighted by atomic mass is 16.5. The van der Waals surface area contributed by atoms with E-state index in [0.29, 0.717) is 30.1 Å². The van der Waals surface area contributed by atoms with Crippen molar-refractivity contribution in [3.05, 3.63) is 42.2 Å². The Labute approximate surface area is 197 Å². The highest BCUT2D eigenvalue weighted by Gasteiger charge is 2.46. The van der Waals surface area contributed by atoms with Crippen LogP contribution in [-0.4, -0.2) is 67.2 Å². The van der Waals surface area contributed by atoms with Gasteiger partial charge in [0.1, 0.15) is 11.2 Å². The third-order valence-electron chi connectivity index (χ3n) is 7.47. The highest BCUT2D eigenvalue weighted by Crippen LogP contribution is 2.37. The molecule has 0 radical (unpaired) electrons. The number of carbonyl (C=O) groups is 1. The summed E-state index contributed by atoms with van der Waals surface area (Å²) in [5.74, 6) is 1.21.